The molecule has 2 aromatic heterocycles. The SMILES string of the molecule is Cc1ccoc1C(O)c1cccc2[nH]ccc12. The minimum atomic E-state index is -0.718. The number of nitrogens with one attached hydrogen (secondary N) is 1. The molecular formula is C14H13NO2. The summed E-state index contributed by atoms with van der Waals surface area (Å²) in [5.41, 5.74) is 2.84. The summed E-state index contributed by atoms with van der Waals surface area (Å²) < 4.78 is 5.35. The summed E-state index contributed by atoms with van der Waals surface area (Å²) in [5, 5.41) is 11.4. The Morgan fingerprint density at radius 1 is 1.24 bits per heavy atom. The summed E-state index contributed by atoms with van der Waals surface area (Å²) in [6.45, 7) is 1.93. The number of hydrogen-bond donors (Lipinski definition) is 2. The number of H-pyrrole nitrogens is 1. The smallest absolute Gasteiger partial charge is 0.139 e. The molecule has 3 nitrogen and oxygen atoms in total. The summed E-state index contributed by atoms with van der Waals surface area (Å²) in [7, 11) is 0. The highest BCUT2D eigenvalue weighted by Crippen LogP contribution is 2.30. The van der Waals surface area contributed by atoms with Gasteiger partial charge in [-0.25, -0.2) is 0 Å². The maximum Gasteiger partial charge on any atom is 0.139 e. The van der Waals surface area contributed by atoms with Crippen LogP contribution in [0.1, 0.15) is 23.0 Å². The van der Waals surface area contributed by atoms with E-state index in [1.54, 1.807) is 6.26 Å². The maximum atomic E-state index is 10.4. The molecule has 0 bridgehead atoms. The second kappa shape index (κ2) is 3.79. The summed E-state index contributed by atoms with van der Waals surface area (Å²) in [6, 6.07) is 9.65. The van der Waals surface area contributed by atoms with Gasteiger partial charge in [-0.2, -0.15) is 0 Å². The van der Waals surface area contributed by atoms with E-state index < -0.39 is 6.10 Å². The van der Waals surface area contributed by atoms with Gasteiger partial charge in [-0.3, -0.25) is 0 Å². The lowest BCUT2D eigenvalue weighted by molar-refractivity contribution is 0.190. The van der Waals surface area contributed by atoms with E-state index in [0.717, 1.165) is 22.0 Å². The molecule has 0 aliphatic carbocycles. The summed E-state index contributed by atoms with van der Waals surface area (Å²) in [5.74, 6) is 0.610. The Labute approximate surface area is 98.7 Å². The predicted octanol–water partition coefficient (Wildman–Crippen LogP) is 3.15. The molecule has 2 N–H and O–H groups in total. The Kier molecular flexibility index (Phi) is 2.27. The second-order valence-corrected chi connectivity index (χ2v) is 4.16. The zero-order chi connectivity index (χ0) is 11.8. The molecule has 0 aliphatic heterocycles. The van der Waals surface area contributed by atoms with Gasteiger partial charge < -0.3 is 14.5 Å². The normalized spacial score (nSPS) is 13.1. The first-order valence-electron chi connectivity index (χ1n) is 5.55. The number of rotatable bonds is 2. The van der Waals surface area contributed by atoms with Crippen molar-refractivity contribution in [1.82, 2.24) is 4.98 Å². The van der Waals surface area contributed by atoms with E-state index >= 15 is 0 Å². The van der Waals surface area contributed by atoms with Crippen molar-refractivity contribution < 1.29 is 9.52 Å². The van der Waals surface area contributed by atoms with Crippen LogP contribution in [0.25, 0.3) is 10.9 Å². The van der Waals surface area contributed by atoms with Gasteiger partial charge in [-0.15, -0.1) is 0 Å². The number of hydrogen-bond acceptors (Lipinski definition) is 2. The highest BCUT2D eigenvalue weighted by molar-refractivity contribution is 5.83. The lowest BCUT2D eigenvalue weighted by atomic mass is 10.0. The van der Waals surface area contributed by atoms with Crippen molar-refractivity contribution in [2.75, 3.05) is 0 Å². The molecular weight excluding hydrogens is 214 g/mol. The Hall–Kier alpha value is -2.00. The van der Waals surface area contributed by atoms with E-state index in [1.807, 2.05) is 43.5 Å². The molecule has 0 saturated heterocycles. The quantitative estimate of drug-likeness (QED) is 0.706. The topological polar surface area (TPSA) is 49.2 Å². The van der Waals surface area contributed by atoms with Gasteiger partial charge in [-0.1, -0.05) is 12.1 Å². The van der Waals surface area contributed by atoms with E-state index in [2.05, 4.69) is 4.98 Å². The van der Waals surface area contributed by atoms with Gasteiger partial charge in [0.1, 0.15) is 11.9 Å². The number of aliphatic hydroxyl groups is 1. The number of aryl methyl sites for hydroxylation is 1. The molecule has 3 heteroatoms. The van der Waals surface area contributed by atoms with Crippen molar-refractivity contribution in [3.8, 4) is 0 Å². The standard InChI is InChI=1S/C14H13NO2/c1-9-6-8-17-14(9)13(16)11-3-2-4-12-10(11)5-7-15-12/h2-8,13,15-16H,1H3. The number of fused-ring (bicyclic) bond motifs is 1. The molecule has 86 valence electrons. The molecule has 0 fully saturated rings. The van der Waals surface area contributed by atoms with Crippen LogP contribution in [0.4, 0.5) is 0 Å². The highest BCUT2D eigenvalue weighted by atomic mass is 16.4. The first-order valence-corrected chi connectivity index (χ1v) is 5.55. The number of aromatic nitrogens is 1. The van der Waals surface area contributed by atoms with E-state index in [-0.39, 0.29) is 0 Å². The molecule has 0 amide bonds. The van der Waals surface area contributed by atoms with Crippen molar-refractivity contribution in [2.24, 2.45) is 0 Å². The van der Waals surface area contributed by atoms with Gasteiger partial charge >= 0.3 is 0 Å². The largest absolute Gasteiger partial charge is 0.466 e. The summed E-state index contributed by atoms with van der Waals surface area (Å²) in [6.07, 6.45) is 2.76. The van der Waals surface area contributed by atoms with Crippen LogP contribution in [-0.2, 0) is 0 Å². The van der Waals surface area contributed by atoms with Crippen molar-refractivity contribution in [1.29, 1.82) is 0 Å². The number of benzene rings is 1. The lowest BCUT2D eigenvalue weighted by Gasteiger charge is -2.10. The number of furan rings is 1. The van der Waals surface area contributed by atoms with Gasteiger partial charge in [0.15, 0.2) is 0 Å². The van der Waals surface area contributed by atoms with Crippen LogP contribution in [0.2, 0.25) is 0 Å². The van der Waals surface area contributed by atoms with Gasteiger partial charge in [-0.05, 0) is 36.2 Å². The molecule has 3 aromatic rings. The Morgan fingerprint density at radius 3 is 2.88 bits per heavy atom. The van der Waals surface area contributed by atoms with Gasteiger partial charge in [0.05, 0.1) is 6.26 Å². The van der Waals surface area contributed by atoms with Crippen LogP contribution >= 0.6 is 0 Å². The summed E-state index contributed by atoms with van der Waals surface area (Å²) >= 11 is 0. The first kappa shape index (κ1) is 10.2. The van der Waals surface area contributed by atoms with Crippen LogP contribution in [0.15, 0.2) is 47.2 Å². The molecule has 1 atom stereocenters. The fraction of sp³-hybridized carbons (Fsp3) is 0.143. The predicted molar refractivity (Wildman–Crippen MR) is 65.8 cm³/mol. The van der Waals surface area contributed by atoms with Crippen LogP contribution in [0.3, 0.4) is 0 Å². The first-order chi connectivity index (χ1) is 8.27. The van der Waals surface area contributed by atoms with E-state index in [4.69, 9.17) is 4.42 Å². The van der Waals surface area contributed by atoms with Crippen molar-refractivity contribution in [3.63, 3.8) is 0 Å². The Morgan fingerprint density at radius 2 is 2.12 bits per heavy atom. The van der Waals surface area contributed by atoms with E-state index in [1.165, 1.54) is 0 Å². The average Bonchev–Trinajstić information content (AvgIpc) is 2.95. The average molecular weight is 227 g/mol. The molecule has 0 saturated carbocycles. The van der Waals surface area contributed by atoms with Crippen LogP contribution < -0.4 is 0 Å². The Balaban J connectivity index is 2.15. The van der Waals surface area contributed by atoms with E-state index in [0.29, 0.717) is 5.76 Å². The minimum absolute atomic E-state index is 0.610. The van der Waals surface area contributed by atoms with Crippen molar-refractivity contribution >= 4 is 10.9 Å². The van der Waals surface area contributed by atoms with Gasteiger partial charge in [0.2, 0.25) is 0 Å². The Bertz CT molecular complexity index is 651. The third-order valence-electron chi connectivity index (χ3n) is 3.07. The molecule has 0 spiro atoms. The van der Waals surface area contributed by atoms with Crippen LogP contribution in [0.5, 0.6) is 0 Å². The zero-order valence-electron chi connectivity index (χ0n) is 9.47. The van der Waals surface area contributed by atoms with E-state index in [9.17, 15) is 5.11 Å². The number of aliphatic hydroxyl groups excluding tert-OH is 1. The van der Waals surface area contributed by atoms with Gasteiger partial charge in [0, 0.05) is 17.1 Å². The fourth-order valence-corrected chi connectivity index (χ4v) is 2.15. The molecule has 17 heavy (non-hydrogen) atoms. The zero-order valence-corrected chi connectivity index (χ0v) is 9.47. The fourth-order valence-electron chi connectivity index (χ4n) is 2.15. The monoisotopic (exact) mass is 227 g/mol. The molecule has 2 heterocycles. The molecule has 1 unspecified atom stereocenters. The molecule has 3 rings (SSSR count). The highest BCUT2D eigenvalue weighted by Gasteiger charge is 2.18. The minimum Gasteiger partial charge on any atom is -0.466 e. The molecule has 1 aromatic carbocycles. The molecule has 0 aliphatic rings. The lowest BCUT2D eigenvalue weighted by Crippen LogP contribution is -2.00. The third-order valence-corrected chi connectivity index (χ3v) is 3.07. The summed E-state index contributed by atoms with van der Waals surface area (Å²) in [4.78, 5) is 3.13. The van der Waals surface area contributed by atoms with Crippen LogP contribution in [-0.4, -0.2) is 10.1 Å². The van der Waals surface area contributed by atoms with Gasteiger partial charge in [0.25, 0.3) is 0 Å². The van der Waals surface area contributed by atoms with Crippen molar-refractivity contribution in [3.05, 3.63) is 59.7 Å². The van der Waals surface area contributed by atoms with Crippen molar-refractivity contribution in [2.45, 2.75) is 13.0 Å². The number of aromatic amines is 1. The molecule has 0 radical (unpaired) electrons. The third kappa shape index (κ3) is 1.56. The second-order valence-electron chi connectivity index (χ2n) is 4.16. The van der Waals surface area contributed by atoms with Crippen LogP contribution in [0, 0.1) is 6.92 Å². The maximum absolute atomic E-state index is 10.4.